The number of nitrogens with zero attached hydrogens (tertiary/aromatic N) is 1. The molecule has 1 aliphatic rings. The first kappa shape index (κ1) is 25.0. The Morgan fingerprint density at radius 3 is 2.08 bits per heavy atom. The molecule has 0 spiro atoms. The minimum absolute atomic E-state index is 0.0384. The fraction of sp³-hybridized carbons (Fsp3) is 0.207. The third-order valence-corrected chi connectivity index (χ3v) is 6.55. The summed E-state index contributed by atoms with van der Waals surface area (Å²) in [6.07, 6.45) is 2.39. The zero-order valence-electron chi connectivity index (χ0n) is 21.1. The Balaban J connectivity index is 1.31. The number of pyridine rings is 1. The van der Waals surface area contributed by atoms with E-state index in [9.17, 15) is 9.59 Å². The molecule has 1 aromatic heterocycles. The van der Waals surface area contributed by atoms with E-state index < -0.39 is 17.1 Å². The third-order valence-electron chi connectivity index (χ3n) is 6.55. The Morgan fingerprint density at radius 2 is 1.45 bits per heavy atom. The Hall–Kier alpha value is -4.66. The minimum Gasteiger partial charge on any atom is -0.493 e. The van der Waals surface area contributed by atoms with E-state index in [2.05, 4.69) is 15.6 Å². The topological polar surface area (TPSA) is 98.8 Å². The van der Waals surface area contributed by atoms with Gasteiger partial charge in [0.15, 0.2) is 23.1 Å². The third kappa shape index (κ3) is 4.82. The van der Waals surface area contributed by atoms with E-state index in [0.29, 0.717) is 46.7 Å². The summed E-state index contributed by atoms with van der Waals surface area (Å²) in [5.41, 5.74) is 1.32. The smallest absolute Gasteiger partial charge is 0.240 e. The summed E-state index contributed by atoms with van der Waals surface area (Å²) >= 11 is 0. The number of benzene rings is 3. The molecular formula is C29H26FN3O5. The Labute approximate surface area is 218 Å². The number of hydrogen-bond donors (Lipinski definition) is 2. The number of rotatable bonds is 8. The predicted octanol–water partition coefficient (Wildman–Crippen LogP) is 5.85. The van der Waals surface area contributed by atoms with Crippen LogP contribution in [0.15, 0.2) is 66.9 Å². The zero-order chi connectivity index (χ0) is 26.9. The number of methoxy groups -OCH3 is 2. The lowest BCUT2D eigenvalue weighted by Crippen LogP contribution is -2.35. The first-order chi connectivity index (χ1) is 18.3. The molecule has 0 radical (unpaired) electrons. The Morgan fingerprint density at radius 1 is 0.816 bits per heavy atom. The van der Waals surface area contributed by atoms with E-state index in [4.69, 9.17) is 14.2 Å². The fourth-order valence-corrected chi connectivity index (χ4v) is 4.14. The lowest BCUT2D eigenvalue weighted by atomic mass is 10.0. The SMILES string of the molecule is COc1cc2nccc(Oc3ccc(NC(=O)C4(C(=O)Nc5ccc(C)cc5)CC4)cc3F)c2cc1OC. The summed E-state index contributed by atoms with van der Waals surface area (Å²) in [6, 6.07) is 16.5. The maximum absolute atomic E-state index is 15.0. The molecule has 3 aromatic carbocycles. The number of carbonyl (C=O) groups excluding carboxylic acids is 2. The molecule has 4 aromatic rings. The van der Waals surface area contributed by atoms with Crippen LogP contribution in [0, 0.1) is 18.2 Å². The van der Waals surface area contributed by atoms with Crippen molar-refractivity contribution in [1.29, 1.82) is 0 Å². The van der Waals surface area contributed by atoms with Crippen LogP contribution in [0.3, 0.4) is 0 Å². The van der Waals surface area contributed by atoms with Crippen molar-refractivity contribution in [3.8, 4) is 23.0 Å². The normalized spacial score (nSPS) is 13.5. The highest BCUT2D eigenvalue weighted by Gasteiger charge is 2.56. The Bertz CT molecular complexity index is 1530. The van der Waals surface area contributed by atoms with Gasteiger partial charge in [0, 0.05) is 35.1 Å². The summed E-state index contributed by atoms with van der Waals surface area (Å²) in [6.45, 7) is 1.95. The Kier molecular flexibility index (Phi) is 6.59. The van der Waals surface area contributed by atoms with Gasteiger partial charge in [0.1, 0.15) is 11.2 Å². The number of aromatic nitrogens is 1. The van der Waals surface area contributed by atoms with E-state index in [0.717, 1.165) is 11.6 Å². The molecular weight excluding hydrogens is 489 g/mol. The highest BCUT2D eigenvalue weighted by Crippen LogP contribution is 2.47. The van der Waals surface area contributed by atoms with Crippen LogP contribution in [0.5, 0.6) is 23.0 Å². The van der Waals surface area contributed by atoms with Gasteiger partial charge in [-0.2, -0.15) is 0 Å². The number of hydrogen-bond acceptors (Lipinski definition) is 6. The summed E-state index contributed by atoms with van der Waals surface area (Å²) < 4.78 is 31.6. The van der Waals surface area contributed by atoms with Gasteiger partial charge < -0.3 is 24.8 Å². The number of ether oxygens (including phenoxy) is 3. The van der Waals surface area contributed by atoms with Gasteiger partial charge in [0.2, 0.25) is 11.8 Å². The van der Waals surface area contributed by atoms with Gasteiger partial charge in [-0.15, -0.1) is 0 Å². The molecule has 0 atom stereocenters. The van der Waals surface area contributed by atoms with Gasteiger partial charge in [-0.1, -0.05) is 17.7 Å². The molecule has 5 rings (SSSR count). The van der Waals surface area contributed by atoms with Crippen molar-refractivity contribution in [2.75, 3.05) is 24.9 Å². The molecule has 8 nitrogen and oxygen atoms in total. The lowest BCUT2D eigenvalue weighted by Gasteiger charge is -2.16. The average Bonchev–Trinajstić information content (AvgIpc) is 3.73. The molecule has 2 amide bonds. The second kappa shape index (κ2) is 10.0. The minimum atomic E-state index is -1.17. The molecule has 0 aliphatic heterocycles. The van der Waals surface area contributed by atoms with Crippen molar-refractivity contribution in [2.24, 2.45) is 5.41 Å². The van der Waals surface area contributed by atoms with Crippen LogP contribution in [-0.2, 0) is 9.59 Å². The summed E-state index contributed by atoms with van der Waals surface area (Å²) in [5.74, 6) is -0.206. The van der Waals surface area contributed by atoms with Crippen molar-refractivity contribution in [2.45, 2.75) is 19.8 Å². The van der Waals surface area contributed by atoms with Gasteiger partial charge in [0.05, 0.1) is 19.7 Å². The van der Waals surface area contributed by atoms with Crippen LogP contribution in [0.4, 0.5) is 15.8 Å². The van der Waals surface area contributed by atoms with Crippen LogP contribution < -0.4 is 24.8 Å². The molecule has 1 heterocycles. The molecule has 0 bridgehead atoms. The molecule has 0 saturated heterocycles. The van der Waals surface area contributed by atoms with Crippen molar-refractivity contribution in [3.63, 3.8) is 0 Å². The van der Waals surface area contributed by atoms with Crippen LogP contribution in [0.1, 0.15) is 18.4 Å². The maximum Gasteiger partial charge on any atom is 0.240 e. The van der Waals surface area contributed by atoms with E-state index in [1.54, 1.807) is 36.5 Å². The van der Waals surface area contributed by atoms with Gasteiger partial charge in [-0.25, -0.2) is 4.39 Å². The summed E-state index contributed by atoms with van der Waals surface area (Å²) in [4.78, 5) is 30.1. The zero-order valence-corrected chi connectivity index (χ0v) is 21.1. The first-order valence-corrected chi connectivity index (χ1v) is 12.0. The second-order valence-electron chi connectivity index (χ2n) is 9.14. The number of halogens is 1. The van der Waals surface area contributed by atoms with E-state index in [1.165, 1.54) is 26.4 Å². The maximum atomic E-state index is 15.0. The number of fused-ring (bicyclic) bond motifs is 1. The van der Waals surface area contributed by atoms with Gasteiger partial charge in [0.25, 0.3) is 0 Å². The monoisotopic (exact) mass is 515 g/mol. The van der Waals surface area contributed by atoms with E-state index in [-0.39, 0.29) is 17.3 Å². The standard InChI is InChI=1S/C29H26FN3O5/c1-17-4-6-18(7-5-17)32-27(34)29(11-12-29)28(35)33-19-8-9-24(21(30)14-19)38-23-10-13-31-22-16-26(37-3)25(36-2)15-20(22)23/h4-10,13-16H,11-12H2,1-3H3,(H,32,34)(H,33,35). The largest absolute Gasteiger partial charge is 0.493 e. The van der Waals surface area contributed by atoms with E-state index in [1.807, 2.05) is 19.1 Å². The molecule has 1 saturated carbocycles. The molecule has 38 heavy (non-hydrogen) atoms. The van der Waals surface area contributed by atoms with Crippen LogP contribution in [-0.4, -0.2) is 31.0 Å². The molecule has 1 fully saturated rings. The first-order valence-electron chi connectivity index (χ1n) is 12.0. The van der Waals surface area contributed by atoms with Gasteiger partial charge >= 0.3 is 0 Å². The number of amides is 2. The quantitative estimate of drug-likeness (QED) is 0.286. The molecule has 194 valence electrons. The predicted molar refractivity (Wildman–Crippen MR) is 141 cm³/mol. The molecule has 9 heteroatoms. The van der Waals surface area contributed by atoms with Crippen molar-refractivity contribution < 1.29 is 28.2 Å². The number of nitrogens with one attached hydrogen (secondary N) is 2. The van der Waals surface area contributed by atoms with Crippen LogP contribution >= 0.6 is 0 Å². The highest BCUT2D eigenvalue weighted by atomic mass is 19.1. The summed E-state index contributed by atoms with van der Waals surface area (Å²) in [7, 11) is 3.05. The van der Waals surface area contributed by atoms with Crippen LogP contribution in [0.25, 0.3) is 10.9 Å². The average molecular weight is 516 g/mol. The summed E-state index contributed by atoms with van der Waals surface area (Å²) in [5, 5.41) is 6.08. The van der Waals surface area contributed by atoms with Crippen molar-refractivity contribution in [1.82, 2.24) is 4.98 Å². The van der Waals surface area contributed by atoms with Gasteiger partial charge in [-0.05, 0) is 56.2 Å². The van der Waals surface area contributed by atoms with Gasteiger partial charge in [-0.3, -0.25) is 14.6 Å². The number of aryl methyl sites for hydroxylation is 1. The molecule has 1 aliphatic carbocycles. The van der Waals surface area contributed by atoms with Crippen molar-refractivity contribution in [3.05, 3.63) is 78.2 Å². The molecule has 0 unspecified atom stereocenters. The number of carbonyl (C=O) groups is 2. The fourth-order valence-electron chi connectivity index (χ4n) is 4.14. The molecule has 2 N–H and O–H groups in total. The second-order valence-corrected chi connectivity index (χ2v) is 9.14. The highest BCUT2D eigenvalue weighted by molar-refractivity contribution is 6.16. The lowest BCUT2D eigenvalue weighted by molar-refractivity contribution is -0.131. The van der Waals surface area contributed by atoms with Crippen LogP contribution in [0.2, 0.25) is 0 Å². The van der Waals surface area contributed by atoms with E-state index >= 15 is 4.39 Å². The number of anilines is 2. The van der Waals surface area contributed by atoms with Crippen molar-refractivity contribution >= 4 is 34.1 Å².